The molecule has 0 saturated heterocycles. The topological polar surface area (TPSA) is 125 Å². The third kappa shape index (κ3) is 6.06. The molecule has 0 aromatic heterocycles. The smallest absolute Gasteiger partial charge is 0.326 e. The molecule has 2 N–H and O–H groups in total. The summed E-state index contributed by atoms with van der Waals surface area (Å²) in [6.45, 7) is 2.28. The molecule has 0 aliphatic carbocycles. The maximum Gasteiger partial charge on any atom is 0.326 e. The van der Waals surface area contributed by atoms with Gasteiger partial charge in [0.25, 0.3) is 0 Å². The summed E-state index contributed by atoms with van der Waals surface area (Å²) in [7, 11) is -3.82. The fourth-order valence-electron chi connectivity index (χ4n) is 1.52. The Morgan fingerprint density at radius 1 is 1.22 bits per heavy atom. The van der Waals surface area contributed by atoms with Crippen LogP contribution in [0.25, 0.3) is 0 Å². The van der Waals surface area contributed by atoms with Crippen molar-refractivity contribution in [1.29, 1.82) is 5.26 Å². The number of benzene rings is 1. The van der Waals surface area contributed by atoms with Crippen LogP contribution in [0.5, 0.6) is 0 Å². The van der Waals surface area contributed by atoms with E-state index in [0.29, 0.717) is 0 Å². The molecule has 1 rings (SSSR count). The fraction of sp³-hybridized carbons (Fsp3) is 0.357. The number of aryl methyl sites for hydroxylation is 2. The monoisotopic (exact) mass is 339 g/mol. The molecule has 0 saturated carbocycles. The second kappa shape index (κ2) is 8.26. The first-order chi connectivity index (χ1) is 10.8. The molecule has 0 atom stereocenters. The lowest BCUT2D eigenvalue weighted by molar-refractivity contribution is -0.142. The molecule has 1 amide bonds. The van der Waals surface area contributed by atoms with E-state index in [4.69, 9.17) is 5.26 Å². The number of nitrogens with one attached hydrogen (secondary N) is 2. The summed E-state index contributed by atoms with van der Waals surface area (Å²) in [6.07, 6.45) is 0. The highest BCUT2D eigenvalue weighted by atomic mass is 32.2. The van der Waals surface area contributed by atoms with Gasteiger partial charge >= 0.3 is 5.97 Å². The Morgan fingerprint density at radius 2 is 1.91 bits per heavy atom. The minimum atomic E-state index is -3.82. The quantitative estimate of drug-likeness (QED) is 0.661. The summed E-state index contributed by atoms with van der Waals surface area (Å²) in [5.41, 5.74) is 1.77. The highest BCUT2D eigenvalue weighted by Gasteiger charge is 2.16. The number of carbonyl (C=O) groups excluding carboxylic acids is 2. The van der Waals surface area contributed by atoms with Gasteiger partial charge in [-0.3, -0.25) is 9.59 Å². The largest absolute Gasteiger partial charge is 0.449 e. The van der Waals surface area contributed by atoms with Crippen LogP contribution in [0.15, 0.2) is 23.1 Å². The van der Waals surface area contributed by atoms with Gasteiger partial charge in [0.05, 0.1) is 11.4 Å². The van der Waals surface area contributed by atoms with E-state index in [-0.39, 0.29) is 4.90 Å². The number of rotatable bonds is 7. The Bertz CT molecular complexity index is 737. The molecule has 0 aliphatic rings. The first-order valence-corrected chi connectivity index (χ1v) is 8.11. The third-order valence-corrected chi connectivity index (χ3v) is 4.34. The van der Waals surface area contributed by atoms with Crippen molar-refractivity contribution in [3.63, 3.8) is 0 Å². The van der Waals surface area contributed by atoms with Gasteiger partial charge in [0, 0.05) is 0 Å². The fourth-order valence-corrected chi connectivity index (χ4v) is 2.59. The van der Waals surface area contributed by atoms with Crippen molar-refractivity contribution in [1.82, 2.24) is 10.0 Å². The van der Waals surface area contributed by atoms with Crippen LogP contribution in [-0.2, 0) is 24.3 Å². The van der Waals surface area contributed by atoms with E-state index in [0.717, 1.165) is 11.1 Å². The number of nitrogens with zero attached hydrogens (tertiary/aromatic N) is 1. The van der Waals surface area contributed by atoms with Gasteiger partial charge in [0.15, 0.2) is 6.61 Å². The first kappa shape index (κ1) is 18.6. The van der Waals surface area contributed by atoms with Crippen molar-refractivity contribution in [2.45, 2.75) is 18.7 Å². The molecule has 0 unspecified atom stereocenters. The Labute approximate surface area is 134 Å². The SMILES string of the molecule is Cc1ccc(S(=O)(=O)NCC(=O)NCC(=O)OCC#N)cc1C. The van der Waals surface area contributed by atoms with Gasteiger partial charge in [-0.15, -0.1) is 0 Å². The van der Waals surface area contributed by atoms with Crippen molar-refractivity contribution in [3.05, 3.63) is 29.3 Å². The van der Waals surface area contributed by atoms with E-state index in [1.165, 1.54) is 12.1 Å². The molecule has 0 radical (unpaired) electrons. The number of ether oxygens (including phenoxy) is 1. The van der Waals surface area contributed by atoms with E-state index < -0.39 is 41.6 Å². The lowest BCUT2D eigenvalue weighted by Gasteiger charge is -2.09. The van der Waals surface area contributed by atoms with E-state index in [2.05, 4.69) is 14.8 Å². The van der Waals surface area contributed by atoms with Gasteiger partial charge in [-0.05, 0) is 37.1 Å². The predicted octanol–water partition coefficient (Wildman–Crippen LogP) is -0.235. The van der Waals surface area contributed by atoms with Crippen LogP contribution in [0.3, 0.4) is 0 Å². The minimum absolute atomic E-state index is 0.0572. The zero-order valence-corrected chi connectivity index (χ0v) is 13.6. The number of esters is 1. The van der Waals surface area contributed by atoms with Gasteiger partial charge in [0.1, 0.15) is 12.6 Å². The standard InChI is InChI=1S/C14H17N3O5S/c1-10-3-4-12(7-11(10)2)23(20,21)17-8-13(18)16-9-14(19)22-6-5-15/h3-4,7,17H,6,8-9H2,1-2H3,(H,16,18). The third-order valence-electron chi connectivity index (χ3n) is 2.94. The normalized spacial score (nSPS) is 10.7. The molecule has 0 aliphatic heterocycles. The van der Waals surface area contributed by atoms with Crippen LogP contribution in [0.2, 0.25) is 0 Å². The second-order valence-corrected chi connectivity index (χ2v) is 6.43. The highest BCUT2D eigenvalue weighted by molar-refractivity contribution is 7.89. The lowest BCUT2D eigenvalue weighted by atomic mass is 10.1. The Kier molecular flexibility index (Phi) is 6.68. The number of hydrogen-bond acceptors (Lipinski definition) is 6. The second-order valence-electron chi connectivity index (χ2n) is 4.67. The maximum absolute atomic E-state index is 12.1. The van der Waals surface area contributed by atoms with Crippen molar-refractivity contribution in [3.8, 4) is 6.07 Å². The Hall–Kier alpha value is -2.44. The van der Waals surface area contributed by atoms with Crippen molar-refractivity contribution >= 4 is 21.9 Å². The van der Waals surface area contributed by atoms with E-state index in [1.807, 2.05) is 6.92 Å². The van der Waals surface area contributed by atoms with Gasteiger partial charge in [-0.25, -0.2) is 13.1 Å². The number of nitriles is 1. The average Bonchev–Trinajstić information content (AvgIpc) is 2.51. The number of sulfonamides is 1. The summed E-state index contributed by atoms with van der Waals surface area (Å²) in [5.74, 6) is -1.47. The van der Waals surface area contributed by atoms with Crippen molar-refractivity contribution in [2.75, 3.05) is 19.7 Å². The van der Waals surface area contributed by atoms with E-state index in [9.17, 15) is 18.0 Å². The number of amides is 1. The summed E-state index contributed by atoms with van der Waals surface area (Å²) in [6, 6.07) is 6.24. The molecule has 8 nitrogen and oxygen atoms in total. The Balaban J connectivity index is 2.53. The molecule has 1 aromatic rings. The summed E-state index contributed by atoms with van der Waals surface area (Å²) in [4.78, 5) is 22.6. The van der Waals surface area contributed by atoms with Gasteiger partial charge in [-0.1, -0.05) is 6.07 Å². The van der Waals surface area contributed by atoms with Gasteiger partial charge in [-0.2, -0.15) is 5.26 Å². The van der Waals surface area contributed by atoms with Gasteiger partial charge in [0.2, 0.25) is 15.9 Å². The molecular formula is C14H17N3O5S. The van der Waals surface area contributed by atoms with Gasteiger partial charge < -0.3 is 10.1 Å². The number of carbonyl (C=O) groups is 2. The first-order valence-electron chi connectivity index (χ1n) is 6.62. The lowest BCUT2D eigenvalue weighted by Crippen LogP contribution is -2.39. The Morgan fingerprint density at radius 3 is 2.52 bits per heavy atom. The van der Waals surface area contributed by atoms with Crippen LogP contribution in [-0.4, -0.2) is 40.0 Å². The van der Waals surface area contributed by atoms with Crippen molar-refractivity contribution < 1.29 is 22.7 Å². The molecule has 124 valence electrons. The number of hydrogen-bond donors (Lipinski definition) is 2. The molecule has 23 heavy (non-hydrogen) atoms. The zero-order chi connectivity index (χ0) is 17.5. The summed E-state index contributed by atoms with van der Waals surface area (Å²) >= 11 is 0. The minimum Gasteiger partial charge on any atom is -0.449 e. The van der Waals surface area contributed by atoms with Crippen LogP contribution in [0, 0.1) is 25.2 Å². The molecule has 9 heteroatoms. The molecule has 1 aromatic carbocycles. The average molecular weight is 339 g/mol. The van der Waals surface area contributed by atoms with Crippen molar-refractivity contribution in [2.24, 2.45) is 0 Å². The molecular weight excluding hydrogens is 322 g/mol. The van der Waals surface area contributed by atoms with Crippen LogP contribution in [0.4, 0.5) is 0 Å². The van der Waals surface area contributed by atoms with E-state index >= 15 is 0 Å². The van der Waals surface area contributed by atoms with Crippen LogP contribution in [0.1, 0.15) is 11.1 Å². The van der Waals surface area contributed by atoms with Crippen LogP contribution < -0.4 is 10.0 Å². The molecule has 0 heterocycles. The maximum atomic E-state index is 12.1. The predicted molar refractivity (Wildman–Crippen MR) is 80.7 cm³/mol. The molecule has 0 fully saturated rings. The summed E-state index contributed by atoms with van der Waals surface area (Å²) < 4.78 is 30.7. The van der Waals surface area contributed by atoms with Crippen LogP contribution >= 0.6 is 0 Å². The highest BCUT2D eigenvalue weighted by Crippen LogP contribution is 2.14. The zero-order valence-electron chi connectivity index (χ0n) is 12.8. The van der Waals surface area contributed by atoms with E-state index in [1.54, 1.807) is 19.1 Å². The molecule has 0 spiro atoms. The summed E-state index contributed by atoms with van der Waals surface area (Å²) in [5, 5.41) is 10.4. The molecule has 0 bridgehead atoms.